The lowest BCUT2D eigenvalue weighted by Gasteiger charge is -2.35. The maximum Gasteiger partial charge on any atom is 0.233 e. The fourth-order valence-corrected chi connectivity index (χ4v) is 4.58. The van der Waals surface area contributed by atoms with Crippen molar-refractivity contribution in [1.82, 2.24) is 9.88 Å². The number of thioether (sulfide) groups is 1. The molecule has 0 saturated carbocycles. The molecule has 2 aromatic rings. The highest BCUT2D eigenvalue weighted by Gasteiger charge is 2.22. The average Bonchev–Trinajstić information content (AvgIpc) is 3.20. The van der Waals surface area contributed by atoms with Gasteiger partial charge < -0.3 is 9.80 Å². The summed E-state index contributed by atoms with van der Waals surface area (Å²) in [5.74, 6) is 1.49. The van der Waals surface area contributed by atoms with Crippen LogP contribution in [0.2, 0.25) is 0 Å². The first-order valence-corrected chi connectivity index (χ1v) is 10.3. The molecule has 0 bridgehead atoms. The van der Waals surface area contributed by atoms with Crippen molar-refractivity contribution in [2.45, 2.75) is 24.2 Å². The van der Waals surface area contributed by atoms with E-state index in [1.165, 1.54) is 35.3 Å². The van der Waals surface area contributed by atoms with Crippen LogP contribution in [-0.2, 0) is 17.6 Å². The average molecular weight is 379 g/mol. The van der Waals surface area contributed by atoms with Crippen LogP contribution in [0.15, 0.2) is 41.4 Å². The molecule has 2 aliphatic rings. The number of amides is 1. The first kappa shape index (κ1) is 17.9. The first-order chi connectivity index (χ1) is 13.2. The van der Waals surface area contributed by atoms with Crippen molar-refractivity contribution in [3.8, 4) is 6.07 Å². The molecule has 1 aliphatic heterocycles. The fourth-order valence-electron chi connectivity index (χ4n) is 3.72. The number of hydrogen-bond acceptors (Lipinski definition) is 5. The van der Waals surface area contributed by atoms with Gasteiger partial charge in [0, 0.05) is 37.3 Å². The lowest BCUT2D eigenvalue weighted by Crippen LogP contribution is -2.49. The Morgan fingerprint density at radius 2 is 1.93 bits per heavy atom. The molecule has 27 heavy (non-hydrogen) atoms. The van der Waals surface area contributed by atoms with Gasteiger partial charge in [-0.1, -0.05) is 6.07 Å². The third kappa shape index (κ3) is 4.09. The minimum atomic E-state index is 0.193. The van der Waals surface area contributed by atoms with Gasteiger partial charge in [0.15, 0.2) is 0 Å². The van der Waals surface area contributed by atoms with E-state index in [1.54, 1.807) is 30.1 Å². The molecular weight excluding hydrogens is 356 g/mol. The molecule has 0 radical (unpaired) electrons. The van der Waals surface area contributed by atoms with E-state index in [-0.39, 0.29) is 5.91 Å². The van der Waals surface area contributed by atoms with E-state index in [1.807, 2.05) is 4.90 Å². The molecular formula is C21H22N4OS. The van der Waals surface area contributed by atoms with E-state index < -0.39 is 0 Å². The van der Waals surface area contributed by atoms with E-state index in [4.69, 9.17) is 5.26 Å². The molecule has 0 N–H and O–H groups in total. The van der Waals surface area contributed by atoms with E-state index in [0.29, 0.717) is 24.4 Å². The summed E-state index contributed by atoms with van der Waals surface area (Å²) < 4.78 is 0. The van der Waals surface area contributed by atoms with Gasteiger partial charge in [-0.3, -0.25) is 4.79 Å². The number of nitriles is 1. The van der Waals surface area contributed by atoms with Crippen molar-refractivity contribution in [1.29, 1.82) is 5.26 Å². The number of piperazine rings is 1. The number of aryl methyl sites for hydroxylation is 2. The second-order valence-electron chi connectivity index (χ2n) is 6.96. The lowest BCUT2D eigenvalue weighted by molar-refractivity contribution is -0.128. The Labute approximate surface area is 164 Å². The van der Waals surface area contributed by atoms with E-state index in [9.17, 15) is 4.79 Å². The molecule has 1 aromatic heterocycles. The summed E-state index contributed by atoms with van der Waals surface area (Å²) >= 11 is 1.64. The number of carbonyl (C=O) groups excluding carboxylic acids is 1. The highest BCUT2D eigenvalue weighted by atomic mass is 32.2. The maximum absolute atomic E-state index is 12.6. The molecule has 5 nitrogen and oxygen atoms in total. The summed E-state index contributed by atoms with van der Waals surface area (Å²) in [6.45, 7) is 2.89. The predicted octanol–water partition coefficient (Wildman–Crippen LogP) is 2.88. The van der Waals surface area contributed by atoms with Crippen molar-refractivity contribution >= 4 is 23.5 Å². The Hall–Kier alpha value is -2.52. The normalized spacial score (nSPS) is 16.1. The Morgan fingerprint density at radius 3 is 2.74 bits per heavy atom. The van der Waals surface area contributed by atoms with Crippen molar-refractivity contribution in [3.63, 3.8) is 0 Å². The zero-order chi connectivity index (χ0) is 18.6. The van der Waals surface area contributed by atoms with Crippen LogP contribution < -0.4 is 4.90 Å². The summed E-state index contributed by atoms with van der Waals surface area (Å²) in [5, 5.41) is 9.03. The Morgan fingerprint density at radius 1 is 1.11 bits per heavy atom. The van der Waals surface area contributed by atoms with Gasteiger partial charge in [-0.25, -0.2) is 4.98 Å². The number of aromatic nitrogens is 1. The maximum atomic E-state index is 12.6. The highest BCUT2D eigenvalue weighted by Crippen LogP contribution is 2.27. The third-order valence-electron chi connectivity index (χ3n) is 5.26. The highest BCUT2D eigenvalue weighted by molar-refractivity contribution is 8.00. The Bertz CT molecular complexity index is 884. The van der Waals surface area contributed by atoms with Crippen molar-refractivity contribution < 1.29 is 4.79 Å². The zero-order valence-electron chi connectivity index (χ0n) is 15.2. The van der Waals surface area contributed by atoms with E-state index in [0.717, 1.165) is 18.9 Å². The summed E-state index contributed by atoms with van der Waals surface area (Å²) in [6, 6.07) is 12.3. The van der Waals surface area contributed by atoms with Gasteiger partial charge in [-0.2, -0.15) is 5.26 Å². The lowest BCUT2D eigenvalue weighted by atomic mass is 10.1. The number of benzene rings is 1. The number of carbonyl (C=O) groups is 1. The van der Waals surface area contributed by atoms with Crippen LogP contribution in [0.3, 0.4) is 0 Å². The molecule has 0 atom stereocenters. The second-order valence-corrected chi connectivity index (χ2v) is 8.00. The molecule has 1 saturated heterocycles. The van der Waals surface area contributed by atoms with Gasteiger partial charge in [0.05, 0.1) is 17.4 Å². The Kier molecular flexibility index (Phi) is 5.30. The smallest absolute Gasteiger partial charge is 0.233 e. The molecule has 1 fully saturated rings. The van der Waals surface area contributed by atoms with Crippen LogP contribution in [0.25, 0.3) is 0 Å². The van der Waals surface area contributed by atoms with Crippen LogP contribution in [-0.4, -0.2) is 47.7 Å². The molecule has 6 heteroatoms. The van der Waals surface area contributed by atoms with Crippen molar-refractivity contribution in [2.75, 3.05) is 36.8 Å². The fraction of sp³-hybridized carbons (Fsp3) is 0.381. The number of anilines is 1. The quantitative estimate of drug-likeness (QED) is 0.766. The van der Waals surface area contributed by atoms with Gasteiger partial charge in [-0.05, 0) is 54.7 Å². The third-order valence-corrected chi connectivity index (χ3v) is 6.24. The largest absolute Gasteiger partial charge is 0.353 e. The molecule has 1 aliphatic carbocycles. The van der Waals surface area contributed by atoms with Crippen molar-refractivity contribution in [3.05, 3.63) is 53.2 Å². The van der Waals surface area contributed by atoms with Crippen LogP contribution >= 0.6 is 11.8 Å². The second kappa shape index (κ2) is 8.01. The van der Waals surface area contributed by atoms with Crippen LogP contribution in [0, 0.1) is 11.3 Å². The van der Waals surface area contributed by atoms with Crippen molar-refractivity contribution in [2.24, 2.45) is 0 Å². The zero-order valence-corrected chi connectivity index (χ0v) is 16.0. The molecule has 138 valence electrons. The molecule has 1 amide bonds. The molecule has 1 aromatic carbocycles. The molecule has 0 spiro atoms. The van der Waals surface area contributed by atoms with Gasteiger partial charge in [0.25, 0.3) is 0 Å². The summed E-state index contributed by atoms with van der Waals surface area (Å²) in [7, 11) is 0. The van der Waals surface area contributed by atoms with Gasteiger partial charge in [0.2, 0.25) is 5.91 Å². The first-order valence-electron chi connectivity index (χ1n) is 9.36. The summed E-state index contributed by atoms with van der Waals surface area (Å²) in [6.07, 6.45) is 5.27. The minimum Gasteiger partial charge on any atom is -0.353 e. The number of fused-ring (bicyclic) bond motifs is 1. The summed E-state index contributed by atoms with van der Waals surface area (Å²) in [5.41, 5.74) is 3.54. The van der Waals surface area contributed by atoms with Gasteiger partial charge in [0.1, 0.15) is 5.82 Å². The van der Waals surface area contributed by atoms with Crippen LogP contribution in [0.5, 0.6) is 0 Å². The van der Waals surface area contributed by atoms with Gasteiger partial charge >= 0.3 is 0 Å². The number of rotatable bonds is 4. The van der Waals surface area contributed by atoms with E-state index in [2.05, 4.69) is 34.2 Å². The SMILES string of the molecule is N#Cc1ccnc(N2CCN(C(=O)CSc3ccc4c(c3)CCC4)CC2)c1. The molecule has 0 unspecified atom stereocenters. The van der Waals surface area contributed by atoms with Crippen LogP contribution in [0.1, 0.15) is 23.1 Å². The van der Waals surface area contributed by atoms with E-state index >= 15 is 0 Å². The number of pyridine rings is 1. The van der Waals surface area contributed by atoms with Gasteiger partial charge in [-0.15, -0.1) is 11.8 Å². The minimum absolute atomic E-state index is 0.193. The Balaban J connectivity index is 1.29. The molecule has 2 heterocycles. The topological polar surface area (TPSA) is 60.2 Å². The monoisotopic (exact) mass is 378 g/mol. The standard InChI is InChI=1S/C21H22N4OS/c22-14-16-6-7-23-20(12-16)24-8-10-25(11-9-24)21(26)15-27-19-5-4-17-2-1-3-18(17)13-19/h4-7,12-13H,1-3,8-11,15H2. The number of nitrogens with zero attached hydrogens (tertiary/aromatic N) is 4. The van der Waals surface area contributed by atoms with Crippen LogP contribution in [0.4, 0.5) is 5.82 Å². The number of hydrogen-bond donors (Lipinski definition) is 0. The predicted molar refractivity (Wildman–Crippen MR) is 107 cm³/mol. The molecule has 4 rings (SSSR count). The summed E-state index contributed by atoms with van der Waals surface area (Å²) in [4.78, 5) is 22.2.